The second-order valence-corrected chi connectivity index (χ2v) is 4.61. The summed E-state index contributed by atoms with van der Waals surface area (Å²) in [7, 11) is 0. The second kappa shape index (κ2) is 7.27. The molecule has 108 valence electrons. The van der Waals surface area contributed by atoms with Gasteiger partial charge in [0.2, 0.25) is 5.91 Å². The Balaban J connectivity index is 2.02. The molecule has 0 saturated heterocycles. The molecule has 0 aliphatic rings. The van der Waals surface area contributed by atoms with E-state index in [0.29, 0.717) is 24.2 Å². The van der Waals surface area contributed by atoms with Crippen molar-refractivity contribution in [3.8, 4) is 11.8 Å². The number of rotatable bonds is 4. The molecule has 5 nitrogen and oxygen atoms in total. The van der Waals surface area contributed by atoms with E-state index in [0.717, 1.165) is 5.56 Å². The third-order valence-electron chi connectivity index (χ3n) is 2.91. The number of carbonyl (C=O) groups is 1. The molecule has 0 unspecified atom stereocenters. The molecule has 2 aromatic rings. The molecule has 0 atom stereocenters. The first-order valence-corrected chi connectivity index (χ1v) is 6.65. The maximum absolute atomic E-state index is 12.0. The number of anilines is 1. The van der Waals surface area contributed by atoms with Crippen molar-refractivity contribution in [2.75, 3.05) is 11.9 Å². The van der Waals surface area contributed by atoms with Crippen molar-refractivity contribution >= 4 is 11.6 Å². The summed E-state index contributed by atoms with van der Waals surface area (Å²) >= 11 is 0. The highest BCUT2D eigenvalue weighted by atomic mass is 16.2. The maximum atomic E-state index is 12.0. The van der Waals surface area contributed by atoms with Crippen molar-refractivity contribution < 1.29 is 9.90 Å². The fraction of sp³-hybridized carbons (Fsp3) is 0.250. The number of hydrogen-bond donors (Lipinski definition) is 2. The monoisotopic (exact) mass is 283 g/mol. The van der Waals surface area contributed by atoms with Crippen LogP contribution in [0, 0.1) is 18.8 Å². The molecule has 5 heteroatoms. The predicted molar refractivity (Wildman–Crippen MR) is 80.6 cm³/mol. The zero-order valence-corrected chi connectivity index (χ0v) is 11.8. The summed E-state index contributed by atoms with van der Waals surface area (Å²) in [5, 5.41) is 11.6. The normalized spacial score (nSPS) is 9.81. The zero-order valence-electron chi connectivity index (χ0n) is 11.8. The standard InChI is InChI=1S/C16H17N3O2/c1-13-4-5-15(14(11-13)3-2-10-20)18-16(21)6-8-19-9-7-17-12-19/h4-5,7,9,11-12,20H,6,8,10H2,1H3,(H,18,21). The number of nitrogens with one attached hydrogen (secondary N) is 1. The third kappa shape index (κ3) is 4.48. The summed E-state index contributed by atoms with van der Waals surface area (Å²) in [4.78, 5) is 15.9. The second-order valence-electron chi connectivity index (χ2n) is 4.61. The third-order valence-corrected chi connectivity index (χ3v) is 2.91. The molecule has 0 fully saturated rings. The Morgan fingerprint density at radius 2 is 2.33 bits per heavy atom. The van der Waals surface area contributed by atoms with E-state index >= 15 is 0 Å². The molecule has 0 aliphatic heterocycles. The lowest BCUT2D eigenvalue weighted by Gasteiger charge is -2.09. The number of imidazole rings is 1. The lowest BCUT2D eigenvalue weighted by Crippen LogP contribution is -2.15. The van der Waals surface area contributed by atoms with Crippen molar-refractivity contribution in [1.82, 2.24) is 9.55 Å². The molecule has 1 aromatic carbocycles. The van der Waals surface area contributed by atoms with Gasteiger partial charge in [-0.25, -0.2) is 4.98 Å². The van der Waals surface area contributed by atoms with Crippen LogP contribution in [0.5, 0.6) is 0 Å². The molecule has 0 bridgehead atoms. The first-order valence-electron chi connectivity index (χ1n) is 6.65. The first kappa shape index (κ1) is 14.8. The van der Waals surface area contributed by atoms with Crippen LogP contribution in [0.3, 0.4) is 0 Å². The molecular formula is C16H17N3O2. The Hall–Kier alpha value is -2.58. The lowest BCUT2D eigenvalue weighted by molar-refractivity contribution is -0.116. The highest BCUT2D eigenvalue weighted by molar-refractivity contribution is 5.92. The topological polar surface area (TPSA) is 67.2 Å². The summed E-state index contributed by atoms with van der Waals surface area (Å²) in [6.07, 6.45) is 5.53. The van der Waals surface area contributed by atoms with Crippen LogP contribution >= 0.6 is 0 Å². The van der Waals surface area contributed by atoms with Crippen molar-refractivity contribution in [3.05, 3.63) is 48.0 Å². The number of nitrogens with zero attached hydrogens (tertiary/aromatic N) is 2. The van der Waals surface area contributed by atoms with Gasteiger partial charge in [0.15, 0.2) is 0 Å². The van der Waals surface area contributed by atoms with E-state index in [1.165, 1.54) is 0 Å². The number of benzene rings is 1. The molecule has 0 radical (unpaired) electrons. The fourth-order valence-corrected chi connectivity index (χ4v) is 1.87. The Morgan fingerprint density at radius 3 is 3.05 bits per heavy atom. The highest BCUT2D eigenvalue weighted by Gasteiger charge is 2.06. The quantitative estimate of drug-likeness (QED) is 0.837. The van der Waals surface area contributed by atoms with E-state index in [2.05, 4.69) is 22.1 Å². The molecule has 21 heavy (non-hydrogen) atoms. The molecule has 1 amide bonds. The predicted octanol–water partition coefficient (Wildman–Crippen LogP) is 1.56. The molecule has 2 rings (SSSR count). The summed E-state index contributed by atoms with van der Waals surface area (Å²) < 4.78 is 1.85. The highest BCUT2D eigenvalue weighted by Crippen LogP contribution is 2.16. The molecule has 0 saturated carbocycles. The van der Waals surface area contributed by atoms with E-state index in [9.17, 15) is 4.79 Å². The molecule has 1 aromatic heterocycles. The minimum atomic E-state index is -0.206. The van der Waals surface area contributed by atoms with Crippen LogP contribution < -0.4 is 5.32 Å². The Kier molecular flexibility index (Phi) is 5.13. The number of aromatic nitrogens is 2. The number of hydrogen-bond acceptors (Lipinski definition) is 3. The van der Waals surface area contributed by atoms with Crippen LogP contribution in [-0.2, 0) is 11.3 Å². The van der Waals surface area contributed by atoms with Crippen molar-refractivity contribution in [2.24, 2.45) is 0 Å². The van der Waals surface area contributed by atoms with E-state index in [1.54, 1.807) is 12.5 Å². The van der Waals surface area contributed by atoms with Gasteiger partial charge in [-0.1, -0.05) is 17.9 Å². The summed E-state index contributed by atoms with van der Waals surface area (Å²) in [6.45, 7) is 2.33. The van der Waals surface area contributed by atoms with Gasteiger partial charge in [-0.15, -0.1) is 0 Å². The Bertz CT molecular complexity index is 667. The number of aliphatic hydroxyl groups is 1. The van der Waals surface area contributed by atoms with E-state index in [-0.39, 0.29) is 12.5 Å². The summed E-state index contributed by atoms with van der Waals surface area (Å²) in [5.41, 5.74) is 2.42. The van der Waals surface area contributed by atoms with Gasteiger partial charge < -0.3 is 15.0 Å². The minimum Gasteiger partial charge on any atom is -0.384 e. The van der Waals surface area contributed by atoms with Gasteiger partial charge in [-0.2, -0.15) is 0 Å². The number of carbonyl (C=O) groups excluding carboxylic acids is 1. The SMILES string of the molecule is Cc1ccc(NC(=O)CCn2ccnc2)c(C#CCO)c1. The number of aliphatic hydroxyl groups excluding tert-OH is 1. The van der Waals surface area contributed by atoms with Gasteiger partial charge >= 0.3 is 0 Å². The average Bonchev–Trinajstić information content (AvgIpc) is 2.98. The van der Waals surface area contributed by atoms with Crippen LogP contribution in [0.1, 0.15) is 17.5 Å². The number of aryl methyl sites for hydroxylation is 2. The zero-order chi connectivity index (χ0) is 15.1. The fourth-order valence-electron chi connectivity index (χ4n) is 1.87. The molecule has 2 N–H and O–H groups in total. The van der Waals surface area contributed by atoms with Gasteiger partial charge in [0.25, 0.3) is 0 Å². The Labute approximate surface area is 123 Å². The molecule has 0 spiro atoms. The molecule has 1 heterocycles. The van der Waals surface area contributed by atoms with Gasteiger partial charge in [0.05, 0.1) is 12.0 Å². The van der Waals surface area contributed by atoms with Gasteiger partial charge in [0, 0.05) is 30.9 Å². The van der Waals surface area contributed by atoms with E-state index < -0.39 is 0 Å². The van der Waals surface area contributed by atoms with E-state index in [4.69, 9.17) is 5.11 Å². The van der Waals surface area contributed by atoms with Crippen molar-refractivity contribution in [2.45, 2.75) is 19.9 Å². The van der Waals surface area contributed by atoms with Crippen molar-refractivity contribution in [1.29, 1.82) is 0 Å². The maximum Gasteiger partial charge on any atom is 0.226 e. The number of amides is 1. The van der Waals surface area contributed by atoms with Crippen LogP contribution in [0.4, 0.5) is 5.69 Å². The van der Waals surface area contributed by atoms with Crippen LogP contribution in [0.2, 0.25) is 0 Å². The van der Waals surface area contributed by atoms with Gasteiger partial charge in [-0.05, 0) is 24.6 Å². The van der Waals surface area contributed by atoms with Crippen LogP contribution in [0.25, 0.3) is 0 Å². The largest absolute Gasteiger partial charge is 0.384 e. The first-order chi connectivity index (χ1) is 10.2. The Morgan fingerprint density at radius 1 is 1.48 bits per heavy atom. The van der Waals surface area contributed by atoms with Crippen LogP contribution in [0.15, 0.2) is 36.9 Å². The summed E-state index contributed by atoms with van der Waals surface area (Å²) in [6, 6.07) is 5.62. The molecular weight excluding hydrogens is 266 g/mol. The lowest BCUT2D eigenvalue weighted by atomic mass is 10.1. The van der Waals surface area contributed by atoms with Crippen LogP contribution in [-0.4, -0.2) is 27.2 Å². The average molecular weight is 283 g/mol. The smallest absolute Gasteiger partial charge is 0.226 e. The molecule has 0 aliphatic carbocycles. The van der Waals surface area contributed by atoms with Gasteiger partial charge in [0.1, 0.15) is 6.61 Å². The minimum absolute atomic E-state index is 0.0837. The van der Waals surface area contributed by atoms with E-state index in [1.807, 2.05) is 35.9 Å². The van der Waals surface area contributed by atoms with Gasteiger partial charge in [-0.3, -0.25) is 4.79 Å². The van der Waals surface area contributed by atoms with Crippen molar-refractivity contribution in [3.63, 3.8) is 0 Å². The summed E-state index contributed by atoms with van der Waals surface area (Å²) in [5.74, 6) is 5.37.